The SMILES string of the molecule is Nc1c(N2CCN(c3ccccc3-c3ccccc3)CC2)c(=O)c1=O. The van der Waals surface area contributed by atoms with E-state index in [4.69, 9.17) is 5.73 Å². The van der Waals surface area contributed by atoms with E-state index >= 15 is 0 Å². The third-order valence-corrected chi connectivity index (χ3v) is 4.85. The Morgan fingerprint density at radius 3 is 2.00 bits per heavy atom. The normalized spacial score (nSPS) is 14.9. The number of hydrogen-bond donors (Lipinski definition) is 1. The molecule has 0 atom stereocenters. The van der Waals surface area contributed by atoms with Gasteiger partial charge in [-0.3, -0.25) is 9.59 Å². The minimum Gasteiger partial charge on any atom is -0.394 e. The van der Waals surface area contributed by atoms with Gasteiger partial charge in [0.25, 0.3) is 10.9 Å². The summed E-state index contributed by atoms with van der Waals surface area (Å²) in [4.78, 5) is 27.3. The number of nitrogens with zero attached hydrogens (tertiary/aromatic N) is 2. The molecule has 3 aromatic carbocycles. The lowest BCUT2D eigenvalue weighted by molar-refractivity contribution is 0.651. The second kappa shape index (κ2) is 6.09. The molecule has 1 heterocycles. The molecule has 4 rings (SSSR count). The van der Waals surface area contributed by atoms with E-state index in [1.807, 2.05) is 35.2 Å². The van der Waals surface area contributed by atoms with Crippen LogP contribution in [0.25, 0.3) is 11.1 Å². The maximum Gasteiger partial charge on any atom is 0.253 e. The molecule has 0 radical (unpaired) electrons. The molecule has 0 spiro atoms. The van der Waals surface area contributed by atoms with Gasteiger partial charge in [0.1, 0.15) is 11.4 Å². The van der Waals surface area contributed by atoms with Crippen LogP contribution in [0.1, 0.15) is 0 Å². The maximum absolute atomic E-state index is 11.7. The monoisotopic (exact) mass is 333 g/mol. The average molecular weight is 333 g/mol. The fourth-order valence-corrected chi connectivity index (χ4v) is 3.49. The van der Waals surface area contributed by atoms with Crippen LogP contribution < -0.4 is 26.4 Å². The molecular weight excluding hydrogens is 314 g/mol. The van der Waals surface area contributed by atoms with Crippen LogP contribution in [0, 0.1) is 0 Å². The highest BCUT2D eigenvalue weighted by molar-refractivity contribution is 5.79. The first-order valence-corrected chi connectivity index (χ1v) is 8.40. The lowest BCUT2D eigenvalue weighted by atomic mass is 10.0. The number of anilines is 3. The van der Waals surface area contributed by atoms with E-state index in [9.17, 15) is 9.59 Å². The van der Waals surface area contributed by atoms with Gasteiger partial charge < -0.3 is 15.5 Å². The maximum atomic E-state index is 11.7. The number of piperazine rings is 1. The molecule has 1 fully saturated rings. The van der Waals surface area contributed by atoms with Crippen LogP contribution in [0.4, 0.5) is 17.1 Å². The number of para-hydroxylation sites is 1. The van der Waals surface area contributed by atoms with Crippen LogP contribution in [-0.2, 0) is 0 Å². The summed E-state index contributed by atoms with van der Waals surface area (Å²) in [6.45, 7) is 2.92. The summed E-state index contributed by atoms with van der Waals surface area (Å²) >= 11 is 0. The predicted octanol–water partition coefficient (Wildman–Crippen LogP) is 1.86. The minimum atomic E-state index is -0.549. The summed E-state index contributed by atoms with van der Waals surface area (Å²) in [5.74, 6) is 0. The standard InChI is InChI=1S/C20H19N3O2/c21-17-18(20(25)19(17)24)23-12-10-22(11-13-23)16-9-5-4-8-15(16)14-6-2-1-3-7-14/h1-9H,10-13,21H2. The molecule has 3 aromatic rings. The smallest absolute Gasteiger partial charge is 0.253 e. The molecule has 0 bridgehead atoms. The van der Waals surface area contributed by atoms with Gasteiger partial charge in [-0.15, -0.1) is 0 Å². The zero-order valence-corrected chi connectivity index (χ0v) is 13.8. The second-order valence-electron chi connectivity index (χ2n) is 6.28. The van der Waals surface area contributed by atoms with Gasteiger partial charge >= 0.3 is 0 Å². The van der Waals surface area contributed by atoms with E-state index in [1.54, 1.807) is 0 Å². The van der Waals surface area contributed by atoms with Crippen LogP contribution in [0.15, 0.2) is 64.2 Å². The van der Waals surface area contributed by atoms with Crippen LogP contribution in [0.3, 0.4) is 0 Å². The molecule has 2 N–H and O–H groups in total. The Morgan fingerprint density at radius 1 is 0.720 bits per heavy atom. The zero-order valence-electron chi connectivity index (χ0n) is 13.8. The molecular formula is C20H19N3O2. The van der Waals surface area contributed by atoms with Crippen molar-refractivity contribution in [3.8, 4) is 11.1 Å². The lowest BCUT2D eigenvalue weighted by Crippen LogP contribution is -2.51. The summed E-state index contributed by atoms with van der Waals surface area (Å²) in [5, 5.41) is 0. The Morgan fingerprint density at radius 2 is 1.32 bits per heavy atom. The highest BCUT2D eigenvalue weighted by atomic mass is 16.2. The Labute approximate surface area is 145 Å². The van der Waals surface area contributed by atoms with Gasteiger partial charge in [-0.05, 0) is 11.6 Å². The van der Waals surface area contributed by atoms with Crippen molar-refractivity contribution >= 4 is 17.1 Å². The Bertz CT molecular complexity index is 966. The first kappa shape index (κ1) is 15.4. The van der Waals surface area contributed by atoms with E-state index in [2.05, 4.69) is 29.2 Å². The summed E-state index contributed by atoms with van der Waals surface area (Å²) in [6, 6.07) is 18.7. The minimum absolute atomic E-state index is 0.114. The molecule has 0 unspecified atom stereocenters. The van der Waals surface area contributed by atoms with Gasteiger partial charge in [0, 0.05) is 37.4 Å². The quantitative estimate of drug-likeness (QED) is 0.741. The number of nitrogens with two attached hydrogens (primary N) is 1. The zero-order chi connectivity index (χ0) is 17.4. The van der Waals surface area contributed by atoms with Crippen molar-refractivity contribution in [2.24, 2.45) is 0 Å². The Kier molecular flexibility index (Phi) is 3.76. The number of benzene rings is 2. The molecule has 0 aliphatic carbocycles. The van der Waals surface area contributed by atoms with Crippen LogP contribution in [-0.4, -0.2) is 26.2 Å². The third kappa shape index (κ3) is 2.58. The highest BCUT2D eigenvalue weighted by Gasteiger charge is 2.27. The largest absolute Gasteiger partial charge is 0.394 e. The van der Waals surface area contributed by atoms with Crippen LogP contribution >= 0.6 is 0 Å². The van der Waals surface area contributed by atoms with E-state index in [1.165, 1.54) is 16.8 Å². The number of rotatable bonds is 3. The van der Waals surface area contributed by atoms with Crippen molar-refractivity contribution in [3.05, 3.63) is 75.0 Å². The molecule has 1 saturated heterocycles. The van der Waals surface area contributed by atoms with E-state index < -0.39 is 10.9 Å². The van der Waals surface area contributed by atoms with E-state index in [0.717, 1.165) is 13.1 Å². The van der Waals surface area contributed by atoms with Crippen molar-refractivity contribution in [3.63, 3.8) is 0 Å². The van der Waals surface area contributed by atoms with Gasteiger partial charge in [-0.2, -0.15) is 0 Å². The Hall–Kier alpha value is -3.08. The van der Waals surface area contributed by atoms with Crippen LogP contribution in [0.2, 0.25) is 0 Å². The van der Waals surface area contributed by atoms with Gasteiger partial charge in [0.05, 0.1) is 0 Å². The fourth-order valence-electron chi connectivity index (χ4n) is 3.49. The number of hydrogen-bond acceptors (Lipinski definition) is 5. The van der Waals surface area contributed by atoms with Crippen molar-refractivity contribution < 1.29 is 0 Å². The van der Waals surface area contributed by atoms with Gasteiger partial charge in [-0.25, -0.2) is 0 Å². The first-order chi connectivity index (χ1) is 12.2. The van der Waals surface area contributed by atoms with Gasteiger partial charge in [-0.1, -0.05) is 48.5 Å². The average Bonchev–Trinajstić information content (AvgIpc) is 2.69. The van der Waals surface area contributed by atoms with Crippen molar-refractivity contribution in [1.82, 2.24) is 0 Å². The molecule has 0 saturated carbocycles. The van der Waals surface area contributed by atoms with Gasteiger partial charge in [0.2, 0.25) is 0 Å². The second-order valence-corrected chi connectivity index (χ2v) is 6.28. The molecule has 126 valence electrons. The summed E-state index contributed by atoms with van der Waals surface area (Å²) in [6.07, 6.45) is 0. The topological polar surface area (TPSA) is 66.6 Å². The molecule has 1 aliphatic heterocycles. The first-order valence-electron chi connectivity index (χ1n) is 8.40. The summed E-state index contributed by atoms with van der Waals surface area (Å²) in [5.41, 5.74) is 8.78. The molecule has 1 aliphatic rings. The summed E-state index contributed by atoms with van der Waals surface area (Å²) in [7, 11) is 0. The third-order valence-electron chi connectivity index (χ3n) is 4.85. The molecule has 0 amide bonds. The molecule has 5 heteroatoms. The van der Waals surface area contributed by atoms with Crippen LogP contribution in [0.5, 0.6) is 0 Å². The van der Waals surface area contributed by atoms with Crippen molar-refractivity contribution in [2.45, 2.75) is 0 Å². The fraction of sp³-hybridized carbons (Fsp3) is 0.200. The lowest BCUT2D eigenvalue weighted by Gasteiger charge is -2.38. The van der Waals surface area contributed by atoms with E-state index in [-0.39, 0.29) is 5.69 Å². The molecule has 5 nitrogen and oxygen atoms in total. The Balaban J connectivity index is 1.56. The number of nitrogen functional groups attached to an aromatic ring is 1. The summed E-state index contributed by atoms with van der Waals surface area (Å²) < 4.78 is 0. The van der Waals surface area contributed by atoms with E-state index in [0.29, 0.717) is 18.8 Å². The van der Waals surface area contributed by atoms with Crippen molar-refractivity contribution in [1.29, 1.82) is 0 Å². The van der Waals surface area contributed by atoms with Crippen molar-refractivity contribution in [2.75, 3.05) is 41.7 Å². The molecule has 0 aromatic heterocycles. The molecule has 25 heavy (non-hydrogen) atoms. The van der Waals surface area contributed by atoms with Gasteiger partial charge in [0.15, 0.2) is 0 Å². The highest BCUT2D eigenvalue weighted by Crippen LogP contribution is 2.31. The predicted molar refractivity (Wildman–Crippen MR) is 102 cm³/mol.